The Kier molecular flexibility index (Phi) is 6.65. The number of nitrogens with zero attached hydrogens (tertiary/aromatic N) is 3. The third-order valence-electron chi connectivity index (χ3n) is 4.32. The van der Waals surface area contributed by atoms with Gasteiger partial charge >= 0.3 is 0 Å². The van der Waals surface area contributed by atoms with Crippen molar-refractivity contribution in [1.29, 1.82) is 0 Å². The van der Waals surface area contributed by atoms with Gasteiger partial charge in [0.25, 0.3) is 5.91 Å². The fourth-order valence-corrected chi connectivity index (χ4v) is 4.17. The predicted octanol–water partition coefficient (Wildman–Crippen LogP) is 6.47. The fourth-order valence-electron chi connectivity index (χ4n) is 2.74. The van der Waals surface area contributed by atoms with Crippen LogP contribution in [0.5, 0.6) is 5.75 Å². The minimum absolute atomic E-state index is 0.186. The van der Waals surface area contributed by atoms with Crippen LogP contribution in [0.1, 0.15) is 11.1 Å². The number of ether oxygens (including phenoxy) is 1. The maximum absolute atomic E-state index is 13.0. The zero-order chi connectivity index (χ0) is 21.8. The van der Waals surface area contributed by atoms with Crippen molar-refractivity contribution in [2.45, 2.75) is 6.92 Å². The number of hydrazone groups is 1. The van der Waals surface area contributed by atoms with Gasteiger partial charge in [0.1, 0.15) is 5.75 Å². The predicted molar refractivity (Wildman–Crippen MR) is 131 cm³/mol. The molecule has 0 aliphatic rings. The van der Waals surface area contributed by atoms with Crippen LogP contribution in [0.4, 0.5) is 5.13 Å². The minimum atomic E-state index is -0.334. The summed E-state index contributed by atoms with van der Waals surface area (Å²) >= 11 is 10.7. The van der Waals surface area contributed by atoms with Gasteiger partial charge in [-0.25, -0.2) is 4.98 Å². The van der Waals surface area contributed by atoms with E-state index >= 15 is 0 Å². The SMILES string of the molecule is Cc1ccc2nc(N(/N=C/c3ccc(Br)cc3)C(=O)COc3ccc(Cl)cc3)sc2c1. The van der Waals surface area contributed by atoms with Crippen molar-refractivity contribution in [3.63, 3.8) is 0 Å². The lowest BCUT2D eigenvalue weighted by molar-refractivity contribution is -0.120. The van der Waals surface area contributed by atoms with E-state index in [1.54, 1.807) is 30.5 Å². The molecule has 3 aromatic carbocycles. The maximum Gasteiger partial charge on any atom is 0.287 e. The normalized spacial score (nSPS) is 11.2. The molecule has 8 heteroatoms. The summed E-state index contributed by atoms with van der Waals surface area (Å²) in [5, 5.41) is 6.80. The summed E-state index contributed by atoms with van der Waals surface area (Å²) in [6.45, 7) is 1.83. The van der Waals surface area contributed by atoms with Gasteiger partial charge in [0.2, 0.25) is 5.13 Å². The van der Waals surface area contributed by atoms with Crippen molar-refractivity contribution in [2.75, 3.05) is 11.6 Å². The van der Waals surface area contributed by atoms with Crippen LogP contribution in [-0.4, -0.2) is 23.7 Å². The van der Waals surface area contributed by atoms with Crippen molar-refractivity contribution >= 4 is 66.3 Å². The standard InChI is InChI=1S/C23H17BrClN3O2S/c1-15-2-11-20-21(12-15)31-23(27-20)28(26-13-16-3-5-17(24)6-4-16)22(29)14-30-19-9-7-18(25)8-10-19/h2-13H,14H2,1H3/b26-13+. The number of halogens is 2. The number of fused-ring (bicyclic) bond motifs is 1. The number of carbonyl (C=O) groups is 1. The van der Waals surface area contributed by atoms with Crippen LogP contribution in [0, 0.1) is 6.92 Å². The fraction of sp³-hybridized carbons (Fsp3) is 0.0870. The first-order valence-electron chi connectivity index (χ1n) is 9.36. The van der Waals surface area contributed by atoms with Crippen molar-refractivity contribution < 1.29 is 9.53 Å². The molecule has 4 aromatic rings. The van der Waals surface area contributed by atoms with E-state index in [9.17, 15) is 4.79 Å². The quantitative estimate of drug-likeness (QED) is 0.219. The van der Waals surface area contributed by atoms with Gasteiger partial charge in [0, 0.05) is 9.50 Å². The van der Waals surface area contributed by atoms with Crippen molar-refractivity contribution in [1.82, 2.24) is 4.98 Å². The molecule has 0 radical (unpaired) electrons. The number of anilines is 1. The second-order valence-corrected chi connectivity index (χ2v) is 9.07. The first-order chi connectivity index (χ1) is 15.0. The van der Waals surface area contributed by atoms with Crippen molar-refractivity contribution in [3.8, 4) is 5.75 Å². The number of carbonyl (C=O) groups excluding carboxylic acids is 1. The van der Waals surface area contributed by atoms with E-state index in [1.807, 2.05) is 49.4 Å². The molecule has 1 aromatic heterocycles. The van der Waals surface area contributed by atoms with Crippen LogP contribution in [0.25, 0.3) is 10.2 Å². The Balaban J connectivity index is 1.61. The molecule has 0 bridgehead atoms. The molecule has 1 heterocycles. The highest BCUT2D eigenvalue weighted by atomic mass is 79.9. The lowest BCUT2D eigenvalue weighted by Gasteiger charge is -2.14. The van der Waals surface area contributed by atoms with E-state index in [0.717, 1.165) is 25.8 Å². The zero-order valence-electron chi connectivity index (χ0n) is 16.5. The number of hydrogen-bond donors (Lipinski definition) is 0. The van der Waals surface area contributed by atoms with Gasteiger partial charge < -0.3 is 4.74 Å². The Bertz CT molecular complexity index is 1240. The van der Waals surface area contributed by atoms with Gasteiger partial charge in [0.05, 0.1) is 16.4 Å². The molecule has 4 rings (SSSR count). The largest absolute Gasteiger partial charge is 0.484 e. The van der Waals surface area contributed by atoms with Crippen LogP contribution in [0.3, 0.4) is 0 Å². The molecular formula is C23H17BrClN3O2S. The summed E-state index contributed by atoms with van der Waals surface area (Å²) in [5.41, 5.74) is 2.81. The molecule has 0 fully saturated rings. The second kappa shape index (κ2) is 9.60. The number of hydrogen-bond acceptors (Lipinski definition) is 5. The van der Waals surface area contributed by atoms with Crippen LogP contribution in [-0.2, 0) is 4.79 Å². The molecule has 0 saturated heterocycles. The van der Waals surface area contributed by atoms with E-state index < -0.39 is 0 Å². The molecule has 31 heavy (non-hydrogen) atoms. The molecule has 0 N–H and O–H groups in total. The number of aromatic nitrogens is 1. The number of amides is 1. The number of aryl methyl sites for hydroxylation is 1. The number of rotatable bonds is 6. The molecular weight excluding hydrogens is 498 g/mol. The topological polar surface area (TPSA) is 54.8 Å². The minimum Gasteiger partial charge on any atom is -0.484 e. The smallest absolute Gasteiger partial charge is 0.287 e. The van der Waals surface area contributed by atoms with Gasteiger partial charge in [-0.15, -0.1) is 0 Å². The van der Waals surface area contributed by atoms with E-state index in [2.05, 4.69) is 26.0 Å². The van der Waals surface area contributed by atoms with Gasteiger partial charge in [0.15, 0.2) is 6.61 Å². The van der Waals surface area contributed by atoms with E-state index in [4.69, 9.17) is 16.3 Å². The second-order valence-electron chi connectivity index (χ2n) is 6.71. The van der Waals surface area contributed by atoms with Crippen molar-refractivity contribution in [3.05, 3.63) is 87.4 Å². The highest BCUT2D eigenvalue weighted by Gasteiger charge is 2.20. The molecule has 0 aliphatic heterocycles. The van der Waals surface area contributed by atoms with E-state index in [1.165, 1.54) is 16.3 Å². The Morgan fingerprint density at radius 2 is 1.90 bits per heavy atom. The maximum atomic E-state index is 13.0. The average molecular weight is 515 g/mol. The number of thiazole rings is 1. The average Bonchev–Trinajstić information content (AvgIpc) is 3.17. The summed E-state index contributed by atoms with van der Waals surface area (Å²) in [6, 6.07) is 20.5. The third-order valence-corrected chi connectivity index (χ3v) is 6.09. The molecule has 0 saturated carbocycles. The molecule has 1 amide bonds. The molecule has 0 aliphatic carbocycles. The molecule has 0 unspecified atom stereocenters. The number of benzene rings is 3. The van der Waals surface area contributed by atoms with Gasteiger partial charge in [-0.3, -0.25) is 4.79 Å². The highest BCUT2D eigenvalue weighted by molar-refractivity contribution is 9.10. The molecule has 0 spiro atoms. The van der Waals surface area contributed by atoms with Gasteiger partial charge in [-0.1, -0.05) is 57.1 Å². The Labute approximate surface area is 197 Å². The van der Waals surface area contributed by atoms with E-state index in [-0.39, 0.29) is 12.5 Å². The third kappa shape index (κ3) is 5.50. The lowest BCUT2D eigenvalue weighted by atomic mass is 10.2. The van der Waals surface area contributed by atoms with Crippen LogP contribution in [0.15, 0.2) is 76.3 Å². The Morgan fingerprint density at radius 3 is 2.65 bits per heavy atom. The summed E-state index contributed by atoms with van der Waals surface area (Å²) in [5.74, 6) is 0.216. The molecule has 5 nitrogen and oxygen atoms in total. The zero-order valence-corrected chi connectivity index (χ0v) is 19.6. The first-order valence-corrected chi connectivity index (χ1v) is 11.3. The summed E-state index contributed by atoms with van der Waals surface area (Å²) < 4.78 is 7.59. The summed E-state index contributed by atoms with van der Waals surface area (Å²) in [6.07, 6.45) is 1.63. The monoisotopic (exact) mass is 513 g/mol. The Hall–Kier alpha value is -2.74. The summed E-state index contributed by atoms with van der Waals surface area (Å²) in [7, 11) is 0. The lowest BCUT2D eigenvalue weighted by Crippen LogP contribution is -2.30. The van der Waals surface area contributed by atoms with Crippen LogP contribution in [0.2, 0.25) is 5.02 Å². The highest BCUT2D eigenvalue weighted by Crippen LogP contribution is 2.30. The van der Waals surface area contributed by atoms with Gasteiger partial charge in [-0.2, -0.15) is 10.1 Å². The van der Waals surface area contributed by atoms with E-state index in [0.29, 0.717) is 15.9 Å². The van der Waals surface area contributed by atoms with Crippen molar-refractivity contribution in [2.24, 2.45) is 5.10 Å². The molecule has 156 valence electrons. The molecule has 0 atom stereocenters. The van der Waals surface area contributed by atoms with Crippen LogP contribution < -0.4 is 9.75 Å². The summed E-state index contributed by atoms with van der Waals surface area (Å²) in [4.78, 5) is 17.6. The van der Waals surface area contributed by atoms with Gasteiger partial charge in [-0.05, 0) is 66.6 Å². The Morgan fingerprint density at radius 1 is 1.16 bits per heavy atom. The van der Waals surface area contributed by atoms with Crippen LogP contribution >= 0.6 is 38.9 Å². The first kappa shape index (κ1) is 21.5.